The Morgan fingerprint density at radius 1 is 1.12 bits per heavy atom. The molecule has 0 bridgehead atoms. The van der Waals surface area contributed by atoms with Crippen molar-refractivity contribution in [3.05, 3.63) is 59.7 Å². The van der Waals surface area contributed by atoms with Gasteiger partial charge in [0.15, 0.2) is 6.10 Å². The van der Waals surface area contributed by atoms with Crippen molar-refractivity contribution in [2.24, 2.45) is 0 Å². The Kier molecular flexibility index (Phi) is 6.24. The van der Waals surface area contributed by atoms with Gasteiger partial charge >= 0.3 is 0 Å². The molecule has 0 fully saturated rings. The van der Waals surface area contributed by atoms with E-state index in [1.54, 1.807) is 7.11 Å². The zero-order valence-corrected chi connectivity index (χ0v) is 14.7. The Labute approximate surface area is 143 Å². The van der Waals surface area contributed by atoms with E-state index in [4.69, 9.17) is 9.47 Å². The van der Waals surface area contributed by atoms with Crippen LogP contribution in [0.1, 0.15) is 37.4 Å². The maximum Gasteiger partial charge on any atom is 0.261 e. The Bertz CT molecular complexity index is 667. The van der Waals surface area contributed by atoms with Crippen LogP contribution in [-0.4, -0.2) is 19.1 Å². The van der Waals surface area contributed by atoms with Crippen molar-refractivity contribution in [2.75, 3.05) is 7.11 Å². The van der Waals surface area contributed by atoms with E-state index in [9.17, 15) is 4.79 Å². The summed E-state index contributed by atoms with van der Waals surface area (Å²) in [5, 5.41) is 3.01. The van der Waals surface area contributed by atoms with E-state index in [1.165, 1.54) is 0 Å². The third-order valence-electron chi connectivity index (χ3n) is 3.91. The second kappa shape index (κ2) is 8.39. The van der Waals surface area contributed by atoms with Gasteiger partial charge in [-0.3, -0.25) is 4.79 Å². The highest BCUT2D eigenvalue weighted by Crippen LogP contribution is 2.19. The number of rotatable bonds is 7. The predicted molar refractivity (Wildman–Crippen MR) is 95.4 cm³/mol. The van der Waals surface area contributed by atoms with Gasteiger partial charge in [-0.05, 0) is 55.7 Å². The first-order valence-corrected chi connectivity index (χ1v) is 8.21. The van der Waals surface area contributed by atoms with Gasteiger partial charge < -0.3 is 14.8 Å². The Morgan fingerprint density at radius 2 is 1.83 bits per heavy atom. The molecule has 0 aliphatic rings. The van der Waals surface area contributed by atoms with E-state index in [2.05, 4.69) is 5.32 Å². The summed E-state index contributed by atoms with van der Waals surface area (Å²) in [7, 11) is 1.63. The van der Waals surface area contributed by atoms with Crippen LogP contribution in [0.3, 0.4) is 0 Å². The van der Waals surface area contributed by atoms with E-state index in [-0.39, 0.29) is 11.9 Å². The number of ether oxygens (including phenoxy) is 2. The fraction of sp³-hybridized carbons (Fsp3) is 0.350. The monoisotopic (exact) mass is 327 g/mol. The molecule has 0 saturated carbocycles. The summed E-state index contributed by atoms with van der Waals surface area (Å²) in [5.41, 5.74) is 2.13. The smallest absolute Gasteiger partial charge is 0.261 e. The maximum atomic E-state index is 12.5. The van der Waals surface area contributed by atoms with E-state index in [0.29, 0.717) is 12.2 Å². The number of carbonyl (C=O) groups is 1. The average molecular weight is 327 g/mol. The number of carbonyl (C=O) groups excluding carboxylic acids is 1. The molecule has 1 amide bonds. The molecule has 0 unspecified atom stereocenters. The van der Waals surface area contributed by atoms with Crippen molar-refractivity contribution in [1.82, 2.24) is 5.32 Å². The number of amides is 1. The fourth-order valence-electron chi connectivity index (χ4n) is 2.46. The van der Waals surface area contributed by atoms with Crippen molar-refractivity contribution < 1.29 is 14.3 Å². The molecule has 4 heteroatoms. The van der Waals surface area contributed by atoms with Crippen LogP contribution >= 0.6 is 0 Å². The third kappa shape index (κ3) is 4.75. The summed E-state index contributed by atoms with van der Waals surface area (Å²) < 4.78 is 11.0. The SMILES string of the molecule is CC[C@@H](Oc1cccc(C)c1)C(=O)N[C@@H](C)c1ccc(OC)cc1. The lowest BCUT2D eigenvalue weighted by molar-refractivity contribution is -0.128. The van der Waals surface area contributed by atoms with Crippen LogP contribution in [0.5, 0.6) is 11.5 Å². The second-order valence-corrected chi connectivity index (χ2v) is 5.83. The molecule has 0 radical (unpaired) electrons. The minimum absolute atomic E-state index is 0.0986. The number of benzene rings is 2. The van der Waals surface area contributed by atoms with E-state index in [1.807, 2.05) is 69.3 Å². The molecule has 0 aromatic heterocycles. The topological polar surface area (TPSA) is 47.6 Å². The quantitative estimate of drug-likeness (QED) is 0.835. The second-order valence-electron chi connectivity index (χ2n) is 5.83. The average Bonchev–Trinajstić information content (AvgIpc) is 2.59. The normalized spacial score (nSPS) is 13.0. The van der Waals surface area contributed by atoms with E-state index < -0.39 is 6.10 Å². The molecule has 2 atom stereocenters. The van der Waals surface area contributed by atoms with E-state index >= 15 is 0 Å². The zero-order chi connectivity index (χ0) is 17.5. The van der Waals surface area contributed by atoms with Crippen LogP contribution in [0.15, 0.2) is 48.5 Å². The summed E-state index contributed by atoms with van der Waals surface area (Å²) in [5.74, 6) is 1.41. The molecule has 0 aliphatic heterocycles. The standard InChI is InChI=1S/C20H25NO3/c1-5-19(24-18-8-6-7-14(2)13-18)20(22)21-15(3)16-9-11-17(23-4)12-10-16/h6-13,15,19H,5H2,1-4H3,(H,21,22)/t15-,19+/m0/s1. The lowest BCUT2D eigenvalue weighted by Crippen LogP contribution is -2.39. The number of hydrogen-bond acceptors (Lipinski definition) is 3. The predicted octanol–water partition coefficient (Wildman–Crippen LogP) is 4.04. The Hall–Kier alpha value is -2.49. The van der Waals surface area contributed by atoms with Crippen molar-refractivity contribution >= 4 is 5.91 Å². The van der Waals surface area contributed by atoms with Crippen LogP contribution in [0.4, 0.5) is 0 Å². The molecule has 2 aromatic carbocycles. The number of hydrogen-bond donors (Lipinski definition) is 1. The maximum absolute atomic E-state index is 12.5. The lowest BCUT2D eigenvalue weighted by atomic mass is 10.1. The summed E-state index contributed by atoms with van der Waals surface area (Å²) in [4.78, 5) is 12.5. The molecule has 2 aromatic rings. The largest absolute Gasteiger partial charge is 0.497 e. The van der Waals surface area contributed by atoms with Crippen LogP contribution in [0, 0.1) is 6.92 Å². The lowest BCUT2D eigenvalue weighted by Gasteiger charge is -2.21. The number of methoxy groups -OCH3 is 1. The molecule has 1 N–H and O–H groups in total. The van der Waals surface area contributed by atoms with Gasteiger partial charge in [-0.1, -0.05) is 31.2 Å². The summed E-state index contributed by atoms with van der Waals surface area (Å²) in [6.45, 7) is 5.90. The molecule has 0 saturated heterocycles. The first-order chi connectivity index (χ1) is 11.5. The van der Waals surface area contributed by atoms with Gasteiger partial charge in [0.05, 0.1) is 13.2 Å². The highest BCUT2D eigenvalue weighted by atomic mass is 16.5. The molecular weight excluding hydrogens is 302 g/mol. The van der Waals surface area contributed by atoms with Gasteiger partial charge in [0.25, 0.3) is 5.91 Å². The summed E-state index contributed by atoms with van der Waals surface area (Å²) >= 11 is 0. The first kappa shape index (κ1) is 17.9. The minimum Gasteiger partial charge on any atom is -0.497 e. The fourth-order valence-corrected chi connectivity index (χ4v) is 2.46. The molecule has 4 nitrogen and oxygen atoms in total. The molecule has 2 rings (SSSR count). The van der Waals surface area contributed by atoms with Crippen LogP contribution in [0.25, 0.3) is 0 Å². The van der Waals surface area contributed by atoms with Gasteiger partial charge in [0, 0.05) is 0 Å². The van der Waals surface area contributed by atoms with E-state index in [0.717, 1.165) is 16.9 Å². The zero-order valence-electron chi connectivity index (χ0n) is 14.7. The van der Waals surface area contributed by atoms with Gasteiger partial charge in [-0.25, -0.2) is 0 Å². The minimum atomic E-state index is -0.507. The highest BCUT2D eigenvalue weighted by molar-refractivity contribution is 5.81. The molecule has 128 valence electrons. The molecule has 24 heavy (non-hydrogen) atoms. The molecule has 0 heterocycles. The molecular formula is C20H25NO3. The molecule has 0 spiro atoms. The molecule has 0 aliphatic carbocycles. The Balaban J connectivity index is 1.99. The number of aryl methyl sites for hydroxylation is 1. The summed E-state index contributed by atoms with van der Waals surface area (Å²) in [6, 6.07) is 15.3. The number of nitrogens with one attached hydrogen (secondary N) is 1. The van der Waals surface area contributed by atoms with Crippen molar-refractivity contribution in [3.8, 4) is 11.5 Å². The van der Waals surface area contributed by atoms with Crippen LogP contribution in [-0.2, 0) is 4.79 Å². The third-order valence-corrected chi connectivity index (χ3v) is 3.91. The van der Waals surface area contributed by atoms with Crippen LogP contribution in [0.2, 0.25) is 0 Å². The van der Waals surface area contributed by atoms with Crippen LogP contribution < -0.4 is 14.8 Å². The van der Waals surface area contributed by atoms with Gasteiger partial charge in [-0.2, -0.15) is 0 Å². The van der Waals surface area contributed by atoms with Gasteiger partial charge in [0.1, 0.15) is 11.5 Å². The van der Waals surface area contributed by atoms with Gasteiger partial charge in [0.2, 0.25) is 0 Å². The van der Waals surface area contributed by atoms with Crippen molar-refractivity contribution in [3.63, 3.8) is 0 Å². The Morgan fingerprint density at radius 3 is 2.42 bits per heavy atom. The van der Waals surface area contributed by atoms with Crippen molar-refractivity contribution in [2.45, 2.75) is 39.3 Å². The first-order valence-electron chi connectivity index (χ1n) is 8.21. The van der Waals surface area contributed by atoms with Gasteiger partial charge in [-0.15, -0.1) is 0 Å². The van der Waals surface area contributed by atoms with Crippen molar-refractivity contribution in [1.29, 1.82) is 0 Å². The summed E-state index contributed by atoms with van der Waals surface area (Å²) in [6.07, 6.45) is 0.0993. The highest BCUT2D eigenvalue weighted by Gasteiger charge is 2.20.